The highest BCUT2D eigenvalue weighted by molar-refractivity contribution is 7.99. The van der Waals surface area contributed by atoms with Crippen LogP contribution in [0, 0.1) is 0 Å². The Balaban J connectivity index is 1.61. The molecule has 0 aromatic heterocycles. The predicted octanol–water partition coefficient (Wildman–Crippen LogP) is 4.53. The third-order valence-electron chi connectivity index (χ3n) is 4.92. The van der Waals surface area contributed by atoms with E-state index in [0.717, 1.165) is 23.6 Å². The fourth-order valence-corrected chi connectivity index (χ4v) is 4.51. The molecule has 0 fully saturated rings. The van der Waals surface area contributed by atoms with Crippen molar-refractivity contribution < 1.29 is 19.0 Å². The van der Waals surface area contributed by atoms with Gasteiger partial charge in [-0.3, -0.25) is 4.79 Å². The lowest BCUT2D eigenvalue weighted by Crippen LogP contribution is -2.40. The fourth-order valence-electron chi connectivity index (χ4n) is 3.49. The third-order valence-corrected chi connectivity index (χ3v) is 5.96. The second-order valence-electron chi connectivity index (χ2n) is 6.93. The number of benzene rings is 2. The number of thioether (sulfide) groups is 1. The minimum absolute atomic E-state index is 0.0570. The maximum absolute atomic E-state index is 11.6. The minimum atomic E-state index is -0.253. The van der Waals surface area contributed by atoms with Crippen molar-refractivity contribution in [1.29, 1.82) is 0 Å². The SMILES string of the molecule is CCOC(CC(=O)OC)Cc1ccc(OC(C)N2CCSc3ccccc32)cc1. The van der Waals surface area contributed by atoms with E-state index in [9.17, 15) is 4.79 Å². The Labute approximate surface area is 177 Å². The van der Waals surface area contributed by atoms with Crippen molar-refractivity contribution in [2.45, 2.75) is 43.9 Å². The van der Waals surface area contributed by atoms with Gasteiger partial charge in [-0.05, 0) is 50.1 Å². The van der Waals surface area contributed by atoms with Gasteiger partial charge in [0.15, 0.2) is 6.23 Å². The Morgan fingerprint density at radius 1 is 1.17 bits per heavy atom. The van der Waals surface area contributed by atoms with Crippen LogP contribution in [-0.4, -0.2) is 44.3 Å². The van der Waals surface area contributed by atoms with E-state index in [4.69, 9.17) is 14.2 Å². The van der Waals surface area contributed by atoms with Crippen LogP contribution in [0.1, 0.15) is 25.8 Å². The first-order valence-corrected chi connectivity index (χ1v) is 11.0. The molecule has 0 N–H and O–H groups in total. The van der Waals surface area contributed by atoms with Crippen LogP contribution < -0.4 is 9.64 Å². The average molecular weight is 416 g/mol. The summed E-state index contributed by atoms with van der Waals surface area (Å²) in [4.78, 5) is 15.2. The van der Waals surface area contributed by atoms with Gasteiger partial charge in [-0.1, -0.05) is 24.3 Å². The van der Waals surface area contributed by atoms with Crippen LogP contribution in [0.25, 0.3) is 0 Å². The highest BCUT2D eigenvalue weighted by Gasteiger charge is 2.22. The van der Waals surface area contributed by atoms with E-state index in [0.29, 0.717) is 13.0 Å². The first-order valence-electron chi connectivity index (χ1n) is 10.0. The Kier molecular flexibility index (Phi) is 7.83. The summed E-state index contributed by atoms with van der Waals surface area (Å²) in [5.41, 5.74) is 2.34. The zero-order chi connectivity index (χ0) is 20.6. The van der Waals surface area contributed by atoms with E-state index in [-0.39, 0.29) is 24.7 Å². The number of rotatable bonds is 9. The maximum Gasteiger partial charge on any atom is 0.308 e. The summed E-state index contributed by atoms with van der Waals surface area (Å²) in [7, 11) is 1.40. The Bertz CT molecular complexity index is 796. The molecular weight excluding hydrogens is 386 g/mol. The summed E-state index contributed by atoms with van der Waals surface area (Å²) in [6.07, 6.45) is 0.681. The zero-order valence-electron chi connectivity index (χ0n) is 17.3. The van der Waals surface area contributed by atoms with Gasteiger partial charge in [0.1, 0.15) is 5.75 Å². The van der Waals surface area contributed by atoms with Crippen molar-refractivity contribution in [1.82, 2.24) is 0 Å². The number of carbonyl (C=O) groups excluding carboxylic acids is 1. The molecule has 29 heavy (non-hydrogen) atoms. The molecule has 2 aromatic rings. The molecule has 5 nitrogen and oxygen atoms in total. The fraction of sp³-hybridized carbons (Fsp3) is 0.435. The molecule has 2 unspecified atom stereocenters. The Morgan fingerprint density at radius 2 is 1.93 bits per heavy atom. The van der Waals surface area contributed by atoms with Gasteiger partial charge in [-0.25, -0.2) is 0 Å². The van der Waals surface area contributed by atoms with Crippen LogP contribution >= 0.6 is 11.8 Å². The summed E-state index contributed by atoms with van der Waals surface area (Å²) >= 11 is 1.89. The van der Waals surface area contributed by atoms with Crippen LogP contribution in [0.2, 0.25) is 0 Å². The molecule has 1 aliphatic rings. The number of fused-ring (bicyclic) bond motifs is 1. The monoisotopic (exact) mass is 415 g/mol. The number of ether oxygens (including phenoxy) is 3. The molecule has 0 bridgehead atoms. The van der Waals surface area contributed by atoms with Gasteiger partial charge in [-0.15, -0.1) is 11.8 Å². The highest BCUT2D eigenvalue weighted by Crippen LogP contribution is 2.35. The number of hydrogen-bond acceptors (Lipinski definition) is 6. The van der Waals surface area contributed by atoms with Crippen LogP contribution in [0.15, 0.2) is 53.4 Å². The van der Waals surface area contributed by atoms with Crippen LogP contribution in [-0.2, 0) is 20.7 Å². The number of carbonyl (C=O) groups is 1. The number of hydrogen-bond donors (Lipinski definition) is 0. The van der Waals surface area contributed by atoms with Crippen molar-refractivity contribution in [3.63, 3.8) is 0 Å². The number of para-hydroxylation sites is 1. The van der Waals surface area contributed by atoms with Crippen molar-refractivity contribution in [3.8, 4) is 5.75 Å². The molecule has 1 aliphatic heterocycles. The van der Waals surface area contributed by atoms with Gasteiger partial charge < -0.3 is 19.1 Å². The summed E-state index contributed by atoms with van der Waals surface area (Å²) < 4.78 is 16.7. The molecule has 0 saturated heterocycles. The third kappa shape index (κ3) is 5.90. The normalized spacial score (nSPS) is 15.3. The summed E-state index contributed by atoms with van der Waals surface area (Å²) in [5, 5.41) is 0. The smallest absolute Gasteiger partial charge is 0.308 e. The Morgan fingerprint density at radius 3 is 2.66 bits per heavy atom. The second-order valence-corrected chi connectivity index (χ2v) is 8.07. The molecule has 6 heteroatoms. The largest absolute Gasteiger partial charge is 0.471 e. The number of nitrogens with zero attached hydrogens (tertiary/aromatic N) is 1. The lowest BCUT2D eigenvalue weighted by molar-refractivity contribution is -0.143. The van der Waals surface area contributed by atoms with Crippen molar-refractivity contribution >= 4 is 23.4 Å². The number of esters is 1. The van der Waals surface area contributed by atoms with Gasteiger partial charge in [0, 0.05) is 23.8 Å². The first-order chi connectivity index (χ1) is 14.1. The number of anilines is 1. The molecular formula is C23H29NO4S. The molecule has 2 aromatic carbocycles. The van der Waals surface area contributed by atoms with E-state index in [2.05, 4.69) is 36.1 Å². The predicted molar refractivity (Wildman–Crippen MR) is 117 cm³/mol. The van der Waals surface area contributed by atoms with Crippen LogP contribution in [0.5, 0.6) is 5.75 Å². The maximum atomic E-state index is 11.6. The topological polar surface area (TPSA) is 48.0 Å². The lowest BCUT2D eigenvalue weighted by atomic mass is 10.1. The lowest BCUT2D eigenvalue weighted by Gasteiger charge is -2.35. The van der Waals surface area contributed by atoms with Crippen molar-refractivity contribution in [3.05, 3.63) is 54.1 Å². The first kappa shape index (κ1) is 21.5. The molecule has 0 aliphatic carbocycles. The van der Waals surface area contributed by atoms with Gasteiger partial charge >= 0.3 is 5.97 Å². The molecule has 156 valence electrons. The van der Waals surface area contributed by atoms with E-state index in [1.807, 2.05) is 43.0 Å². The highest BCUT2D eigenvalue weighted by atomic mass is 32.2. The molecule has 1 heterocycles. The average Bonchev–Trinajstić information content (AvgIpc) is 2.74. The van der Waals surface area contributed by atoms with Crippen molar-refractivity contribution in [2.75, 3.05) is 30.9 Å². The van der Waals surface area contributed by atoms with E-state index in [1.54, 1.807) is 0 Å². The van der Waals surface area contributed by atoms with E-state index < -0.39 is 0 Å². The van der Waals surface area contributed by atoms with Gasteiger partial charge in [0.25, 0.3) is 0 Å². The number of methoxy groups -OCH3 is 1. The molecule has 0 amide bonds. The van der Waals surface area contributed by atoms with E-state index >= 15 is 0 Å². The molecule has 0 radical (unpaired) electrons. The molecule has 2 atom stereocenters. The van der Waals surface area contributed by atoms with E-state index in [1.165, 1.54) is 17.7 Å². The zero-order valence-corrected chi connectivity index (χ0v) is 18.1. The van der Waals surface area contributed by atoms with Gasteiger partial charge in [-0.2, -0.15) is 0 Å². The molecule has 3 rings (SSSR count). The van der Waals surface area contributed by atoms with Crippen LogP contribution in [0.3, 0.4) is 0 Å². The minimum Gasteiger partial charge on any atom is -0.471 e. The summed E-state index contributed by atoms with van der Waals surface area (Å²) in [6, 6.07) is 16.5. The molecule has 0 spiro atoms. The Hall–Kier alpha value is -2.18. The van der Waals surface area contributed by atoms with Gasteiger partial charge in [0.05, 0.1) is 25.3 Å². The summed E-state index contributed by atoms with van der Waals surface area (Å²) in [5.74, 6) is 1.64. The van der Waals surface area contributed by atoms with Crippen LogP contribution in [0.4, 0.5) is 5.69 Å². The van der Waals surface area contributed by atoms with Gasteiger partial charge in [0.2, 0.25) is 0 Å². The molecule has 0 saturated carbocycles. The standard InChI is InChI=1S/C23H29NO4S/c1-4-27-20(16-23(25)26-3)15-18-9-11-19(12-10-18)28-17(2)24-13-14-29-22-8-6-5-7-21(22)24/h5-12,17,20H,4,13-16H2,1-3H3. The quantitative estimate of drug-likeness (QED) is 0.561. The summed E-state index contributed by atoms with van der Waals surface area (Å²) in [6.45, 7) is 5.54. The van der Waals surface area contributed by atoms with Crippen molar-refractivity contribution in [2.24, 2.45) is 0 Å². The second kappa shape index (κ2) is 10.6.